The van der Waals surface area contributed by atoms with Crippen molar-refractivity contribution in [2.24, 2.45) is 5.41 Å². The lowest BCUT2D eigenvalue weighted by Gasteiger charge is -2.24. The molecule has 1 N–H and O–H groups in total. The topological polar surface area (TPSA) is 62.1 Å². The Kier molecular flexibility index (Phi) is 3.43. The van der Waals surface area contributed by atoms with Crippen molar-refractivity contribution in [2.75, 3.05) is 6.54 Å². The predicted molar refractivity (Wildman–Crippen MR) is 67.2 cm³/mol. The minimum atomic E-state index is -0.736. The minimum Gasteiger partial charge on any atom is -0.480 e. The average molecular weight is 262 g/mol. The molecule has 1 unspecified atom stereocenters. The summed E-state index contributed by atoms with van der Waals surface area (Å²) < 4.78 is 18.5. The zero-order valence-corrected chi connectivity index (χ0v) is 10.9. The quantitative estimate of drug-likeness (QED) is 0.905. The average Bonchev–Trinajstić information content (AvgIpc) is 2.65. The molecular formula is C14H15FN2O2. The van der Waals surface area contributed by atoms with Crippen molar-refractivity contribution in [1.82, 2.24) is 5.32 Å². The van der Waals surface area contributed by atoms with Crippen molar-refractivity contribution >= 4 is 5.91 Å². The maximum Gasteiger partial charge on any atom is 0.261 e. The zero-order valence-electron chi connectivity index (χ0n) is 10.9. The number of alkyl halides is 1. The van der Waals surface area contributed by atoms with Crippen LogP contribution in [0, 0.1) is 16.7 Å². The first-order valence-electron chi connectivity index (χ1n) is 6.01. The molecule has 5 heteroatoms. The smallest absolute Gasteiger partial charge is 0.261 e. The summed E-state index contributed by atoms with van der Waals surface area (Å²) in [5.74, 6) is 0.234. The van der Waals surface area contributed by atoms with E-state index in [2.05, 4.69) is 5.32 Å². The molecule has 1 heterocycles. The summed E-state index contributed by atoms with van der Waals surface area (Å²) in [4.78, 5) is 11.7. The summed E-state index contributed by atoms with van der Waals surface area (Å²) in [5.41, 5.74) is 0.238. The molecule has 1 aromatic carbocycles. The Hall–Kier alpha value is -2.09. The molecule has 0 aliphatic carbocycles. The number of nitrogens with one attached hydrogen (secondary N) is 1. The minimum absolute atomic E-state index is 0.170. The molecule has 1 saturated heterocycles. The number of carbonyl (C=O) groups excluding carboxylic acids is 1. The summed E-state index contributed by atoms with van der Waals surface area (Å²) in [6.07, 6.45) is -0.604. The highest BCUT2D eigenvalue weighted by Gasteiger charge is 2.43. The predicted octanol–water partition coefficient (Wildman–Crippen LogP) is 1.93. The summed E-state index contributed by atoms with van der Waals surface area (Å²) in [6, 6.07) is 6.48. The fourth-order valence-electron chi connectivity index (χ4n) is 2.07. The Morgan fingerprint density at radius 2 is 2.32 bits per heavy atom. The van der Waals surface area contributed by atoms with Crippen LogP contribution >= 0.6 is 0 Å². The maximum atomic E-state index is 12.8. The van der Waals surface area contributed by atoms with Crippen LogP contribution in [0.1, 0.15) is 25.0 Å². The number of ether oxygens (including phenoxy) is 1. The van der Waals surface area contributed by atoms with Crippen LogP contribution in [0.2, 0.25) is 0 Å². The standard InChI is InChI=1S/C14H15FN2O2/c1-14(2)8-17-13(18)12(14)19-11-4-3-9(7-16)10(5-11)6-15/h3-5,12H,6,8H2,1-2H3,(H,17,18). The van der Waals surface area contributed by atoms with E-state index in [9.17, 15) is 9.18 Å². The Balaban J connectivity index is 2.25. The van der Waals surface area contributed by atoms with Gasteiger partial charge < -0.3 is 10.1 Å². The lowest BCUT2D eigenvalue weighted by atomic mass is 9.89. The van der Waals surface area contributed by atoms with Crippen LogP contribution in [0.3, 0.4) is 0 Å². The number of hydrogen-bond acceptors (Lipinski definition) is 3. The van der Waals surface area contributed by atoms with Gasteiger partial charge in [0.25, 0.3) is 5.91 Å². The summed E-state index contributed by atoms with van der Waals surface area (Å²) in [7, 11) is 0. The highest BCUT2D eigenvalue weighted by molar-refractivity contribution is 5.84. The van der Waals surface area contributed by atoms with E-state index in [-0.39, 0.29) is 22.4 Å². The summed E-state index contributed by atoms with van der Waals surface area (Å²) >= 11 is 0. The molecule has 19 heavy (non-hydrogen) atoms. The number of halogens is 1. The van der Waals surface area contributed by atoms with Gasteiger partial charge in [-0.25, -0.2) is 4.39 Å². The van der Waals surface area contributed by atoms with Gasteiger partial charge in [0.1, 0.15) is 12.4 Å². The third-order valence-corrected chi connectivity index (χ3v) is 3.26. The van der Waals surface area contributed by atoms with E-state index in [1.54, 1.807) is 6.07 Å². The van der Waals surface area contributed by atoms with Gasteiger partial charge in [-0.1, -0.05) is 13.8 Å². The summed E-state index contributed by atoms with van der Waals surface area (Å²) in [5, 5.41) is 11.6. The number of nitrogens with zero attached hydrogens (tertiary/aromatic N) is 1. The normalized spacial score (nSPS) is 20.7. The van der Waals surface area contributed by atoms with Crippen LogP contribution in [0.25, 0.3) is 0 Å². The molecule has 0 spiro atoms. The van der Waals surface area contributed by atoms with Crippen molar-refractivity contribution in [2.45, 2.75) is 26.6 Å². The van der Waals surface area contributed by atoms with Crippen molar-refractivity contribution in [3.8, 4) is 11.8 Å². The molecule has 0 aromatic heterocycles. The number of carbonyl (C=O) groups is 1. The van der Waals surface area contributed by atoms with Crippen LogP contribution in [-0.2, 0) is 11.5 Å². The molecule has 2 rings (SSSR count). The third kappa shape index (κ3) is 2.53. The number of hydrogen-bond donors (Lipinski definition) is 1. The van der Waals surface area contributed by atoms with E-state index in [1.165, 1.54) is 12.1 Å². The molecule has 1 aliphatic rings. The van der Waals surface area contributed by atoms with Crippen molar-refractivity contribution in [1.29, 1.82) is 5.26 Å². The maximum absolute atomic E-state index is 12.8. The Morgan fingerprint density at radius 3 is 2.84 bits per heavy atom. The Bertz CT molecular complexity index is 549. The van der Waals surface area contributed by atoms with Crippen LogP contribution in [-0.4, -0.2) is 18.6 Å². The number of nitriles is 1. The molecule has 0 saturated carbocycles. The third-order valence-electron chi connectivity index (χ3n) is 3.26. The highest BCUT2D eigenvalue weighted by Crippen LogP contribution is 2.30. The molecule has 1 amide bonds. The van der Waals surface area contributed by atoms with E-state index >= 15 is 0 Å². The molecule has 1 atom stereocenters. The van der Waals surface area contributed by atoms with Crippen molar-refractivity contribution in [3.63, 3.8) is 0 Å². The van der Waals surface area contributed by atoms with Gasteiger partial charge in [-0.05, 0) is 18.2 Å². The van der Waals surface area contributed by atoms with Gasteiger partial charge in [0.2, 0.25) is 0 Å². The van der Waals surface area contributed by atoms with Gasteiger partial charge in [-0.3, -0.25) is 4.79 Å². The van der Waals surface area contributed by atoms with Crippen LogP contribution < -0.4 is 10.1 Å². The first-order valence-corrected chi connectivity index (χ1v) is 6.01. The van der Waals surface area contributed by atoms with Crippen molar-refractivity contribution in [3.05, 3.63) is 29.3 Å². The largest absolute Gasteiger partial charge is 0.480 e. The second-order valence-corrected chi connectivity index (χ2v) is 5.27. The van der Waals surface area contributed by atoms with E-state index in [0.717, 1.165) is 0 Å². The van der Waals surface area contributed by atoms with Gasteiger partial charge in [0.15, 0.2) is 6.10 Å². The number of amides is 1. The highest BCUT2D eigenvalue weighted by atomic mass is 19.1. The lowest BCUT2D eigenvalue weighted by molar-refractivity contribution is -0.126. The van der Waals surface area contributed by atoms with Gasteiger partial charge in [0.05, 0.1) is 11.6 Å². The lowest BCUT2D eigenvalue weighted by Crippen LogP contribution is -2.36. The molecular weight excluding hydrogens is 247 g/mol. The molecule has 0 radical (unpaired) electrons. The SMILES string of the molecule is CC1(C)CNC(=O)C1Oc1ccc(C#N)c(CF)c1. The first kappa shape index (κ1) is 13.3. The fraction of sp³-hybridized carbons (Fsp3) is 0.429. The fourth-order valence-corrected chi connectivity index (χ4v) is 2.07. The van der Waals surface area contributed by atoms with Crippen molar-refractivity contribution < 1.29 is 13.9 Å². The monoisotopic (exact) mass is 262 g/mol. The Labute approximate surface area is 111 Å². The van der Waals surface area contributed by atoms with E-state index in [0.29, 0.717) is 12.3 Å². The number of benzene rings is 1. The van der Waals surface area contributed by atoms with Crippen LogP contribution in [0.5, 0.6) is 5.75 Å². The second kappa shape index (κ2) is 4.88. The van der Waals surface area contributed by atoms with Gasteiger partial charge in [0, 0.05) is 17.5 Å². The molecule has 1 fully saturated rings. The number of rotatable bonds is 3. The second-order valence-electron chi connectivity index (χ2n) is 5.27. The molecule has 1 aromatic rings. The summed E-state index contributed by atoms with van der Waals surface area (Å²) in [6.45, 7) is 3.66. The van der Waals surface area contributed by atoms with Gasteiger partial charge in [-0.2, -0.15) is 5.26 Å². The first-order chi connectivity index (χ1) is 8.97. The Morgan fingerprint density at radius 1 is 1.58 bits per heavy atom. The van der Waals surface area contributed by atoms with Gasteiger partial charge in [-0.15, -0.1) is 0 Å². The van der Waals surface area contributed by atoms with E-state index in [4.69, 9.17) is 10.00 Å². The van der Waals surface area contributed by atoms with E-state index in [1.807, 2.05) is 19.9 Å². The van der Waals surface area contributed by atoms with Crippen LogP contribution in [0.15, 0.2) is 18.2 Å². The zero-order chi connectivity index (χ0) is 14.0. The van der Waals surface area contributed by atoms with E-state index < -0.39 is 12.8 Å². The van der Waals surface area contributed by atoms with Gasteiger partial charge >= 0.3 is 0 Å². The van der Waals surface area contributed by atoms with Crippen LogP contribution in [0.4, 0.5) is 4.39 Å². The molecule has 100 valence electrons. The molecule has 0 bridgehead atoms. The molecule has 4 nitrogen and oxygen atoms in total. The molecule has 1 aliphatic heterocycles.